The van der Waals surface area contributed by atoms with Gasteiger partial charge in [-0.15, -0.1) is 0 Å². The molecule has 2 rings (SSSR count). The molecule has 0 heterocycles. The van der Waals surface area contributed by atoms with Crippen LogP contribution in [0.2, 0.25) is 0 Å². The Kier molecular flexibility index (Phi) is 4.35. The standard InChI is InChI=1S/C15H12F3N3O2/c1-9-2-4-10(5-3-9)8-20-12-6-11(15(16,17)18)7-13(14(12)19)21(22)23/h2-8H,19H2,1H3. The van der Waals surface area contributed by atoms with Crippen LogP contribution in [0.15, 0.2) is 41.4 Å². The van der Waals surface area contributed by atoms with Gasteiger partial charge in [0.2, 0.25) is 0 Å². The molecule has 0 radical (unpaired) electrons. The number of nitro groups is 1. The molecule has 0 bridgehead atoms. The highest BCUT2D eigenvalue weighted by Crippen LogP contribution is 2.39. The van der Waals surface area contributed by atoms with Crippen LogP contribution in [0.3, 0.4) is 0 Å². The predicted octanol–water partition coefficient (Wildman–Crippen LogP) is 4.25. The summed E-state index contributed by atoms with van der Waals surface area (Å²) in [7, 11) is 0. The second-order valence-electron chi connectivity index (χ2n) is 4.85. The van der Waals surface area contributed by atoms with Crippen molar-refractivity contribution in [1.29, 1.82) is 0 Å². The van der Waals surface area contributed by atoms with Crippen molar-refractivity contribution in [2.45, 2.75) is 13.1 Å². The molecule has 0 saturated carbocycles. The van der Waals surface area contributed by atoms with E-state index in [2.05, 4.69) is 4.99 Å². The molecule has 0 atom stereocenters. The van der Waals surface area contributed by atoms with Gasteiger partial charge in [0, 0.05) is 12.3 Å². The third-order valence-corrected chi connectivity index (χ3v) is 3.09. The minimum absolute atomic E-state index is 0.299. The van der Waals surface area contributed by atoms with E-state index < -0.39 is 28.0 Å². The topological polar surface area (TPSA) is 81.5 Å². The molecular weight excluding hydrogens is 311 g/mol. The van der Waals surface area contributed by atoms with Crippen LogP contribution in [-0.4, -0.2) is 11.1 Å². The molecule has 0 aliphatic heterocycles. The van der Waals surface area contributed by atoms with Crippen molar-refractivity contribution in [2.24, 2.45) is 4.99 Å². The Labute approximate surface area is 129 Å². The lowest BCUT2D eigenvalue weighted by atomic mass is 10.1. The fourth-order valence-corrected chi connectivity index (χ4v) is 1.84. The van der Waals surface area contributed by atoms with Crippen molar-refractivity contribution < 1.29 is 18.1 Å². The fourth-order valence-electron chi connectivity index (χ4n) is 1.84. The molecule has 0 spiro atoms. The van der Waals surface area contributed by atoms with E-state index in [1.165, 1.54) is 6.21 Å². The molecule has 2 aromatic carbocycles. The number of anilines is 1. The van der Waals surface area contributed by atoms with Gasteiger partial charge in [-0.3, -0.25) is 15.1 Å². The Morgan fingerprint density at radius 2 is 1.83 bits per heavy atom. The molecule has 0 aliphatic rings. The summed E-state index contributed by atoms with van der Waals surface area (Å²) in [5.41, 5.74) is 4.50. The van der Waals surface area contributed by atoms with Gasteiger partial charge in [-0.05, 0) is 18.6 Å². The van der Waals surface area contributed by atoms with Crippen molar-refractivity contribution >= 4 is 23.3 Å². The first kappa shape index (κ1) is 16.5. The summed E-state index contributed by atoms with van der Waals surface area (Å²) < 4.78 is 38.5. The minimum Gasteiger partial charge on any atom is -0.391 e. The minimum atomic E-state index is -4.73. The van der Waals surface area contributed by atoms with E-state index in [-0.39, 0.29) is 5.69 Å². The van der Waals surface area contributed by atoms with Gasteiger partial charge in [-0.2, -0.15) is 13.2 Å². The fraction of sp³-hybridized carbons (Fsp3) is 0.133. The summed E-state index contributed by atoms with van der Waals surface area (Å²) in [5, 5.41) is 10.9. The van der Waals surface area contributed by atoms with E-state index in [9.17, 15) is 23.3 Å². The summed E-state index contributed by atoms with van der Waals surface area (Å²) in [6, 6.07) is 8.14. The van der Waals surface area contributed by atoms with Crippen LogP contribution in [0.4, 0.5) is 30.2 Å². The van der Waals surface area contributed by atoms with Gasteiger partial charge in [-0.1, -0.05) is 29.8 Å². The first-order valence-corrected chi connectivity index (χ1v) is 6.44. The Morgan fingerprint density at radius 1 is 1.22 bits per heavy atom. The number of rotatable bonds is 3. The van der Waals surface area contributed by atoms with E-state index in [0.717, 1.165) is 5.56 Å². The van der Waals surface area contributed by atoms with Crippen LogP contribution >= 0.6 is 0 Å². The van der Waals surface area contributed by atoms with E-state index >= 15 is 0 Å². The predicted molar refractivity (Wildman–Crippen MR) is 80.9 cm³/mol. The normalized spacial score (nSPS) is 11.8. The van der Waals surface area contributed by atoms with Crippen LogP contribution in [0.1, 0.15) is 16.7 Å². The molecular formula is C15H12F3N3O2. The molecule has 8 heteroatoms. The van der Waals surface area contributed by atoms with E-state index in [1.807, 2.05) is 6.92 Å². The van der Waals surface area contributed by atoms with E-state index in [4.69, 9.17) is 5.73 Å². The van der Waals surface area contributed by atoms with Gasteiger partial charge in [0.15, 0.2) is 0 Å². The zero-order valence-electron chi connectivity index (χ0n) is 12.0. The maximum atomic E-state index is 12.8. The highest BCUT2D eigenvalue weighted by atomic mass is 19.4. The maximum Gasteiger partial charge on any atom is 0.416 e. The lowest BCUT2D eigenvalue weighted by Gasteiger charge is -2.09. The van der Waals surface area contributed by atoms with Gasteiger partial charge in [0.05, 0.1) is 16.2 Å². The molecule has 5 nitrogen and oxygen atoms in total. The molecule has 2 N–H and O–H groups in total. The number of aliphatic imine (C=N–C) groups is 1. The zero-order valence-corrected chi connectivity index (χ0v) is 12.0. The zero-order chi connectivity index (χ0) is 17.2. The molecule has 0 amide bonds. The van der Waals surface area contributed by atoms with Gasteiger partial charge in [-0.25, -0.2) is 0 Å². The Balaban J connectivity index is 2.50. The average molecular weight is 323 g/mol. The van der Waals surface area contributed by atoms with Gasteiger partial charge < -0.3 is 5.73 Å². The van der Waals surface area contributed by atoms with Crippen LogP contribution < -0.4 is 5.73 Å². The van der Waals surface area contributed by atoms with Crippen LogP contribution in [0, 0.1) is 17.0 Å². The molecule has 0 saturated heterocycles. The molecule has 0 unspecified atom stereocenters. The molecule has 23 heavy (non-hydrogen) atoms. The number of alkyl halides is 3. The second kappa shape index (κ2) is 6.07. The van der Waals surface area contributed by atoms with Crippen molar-refractivity contribution in [2.75, 3.05) is 5.73 Å². The number of benzene rings is 2. The summed E-state index contributed by atoms with van der Waals surface area (Å²) in [6.07, 6.45) is -3.43. The molecule has 2 aromatic rings. The lowest BCUT2D eigenvalue weighted by Crippen LogP contribution is -2.07. The van der Waals surface area contributed by atoms with Crippen molar-refractivity contribution in [3.8, 4) is 0 Å². The molecule has 120 valence electrons. The highest BCUT2D eigenvalue weighted by Gasteiger charge is 2.34. The molecule has 0 aromatic heterocycles. The van der Waals surface area contributed by atoms with Crippen LogP contribution in [-0.2, 0) is 6.18 Å². The van der Waals surface area contributed by atoms with Crippen LogP contribution in [0.25, 0.3) is 0 Å². The number of nitrogens with two attached hydrogens (primary N) is 1. The summed E-state index contributed by atoms with van der Waals surface area (Å²) in [5.74, 6) is 0. The van der Waals surface area contributed by atoms with Gasteiger partial charge in [0.25, 0.3) is 5.69 Å². The number of halogens is 3. The maximum absolute atomic E-state index is 12.8. The SMILES string of the molecule is Cc1ccc(C=Nc2cc(C(F)(F)F)cc([N+](=O)[O-])c2N)cc1. The lowest BCUT2D eigenvalue weighted by molar-refractivity contribution is -0.384. The van der Waals surface area contributed by atoms with Gasteiger partial charge in [0.1, 0.15) is 5.69 Å². The highest BCUT2D eigenvalue weighted by molar-refractivity contribution is 5.85. The number of hydrogen-bond donors (Lipinski definition) is 1. The Bertz CT molecular complexity index is 769. The molecule has 0 aliphatic carbocycles. The quantitative estimate of drug-likeness (QED) is 0.397. The summed E-state index contributed by atoms with van der Waals surface area (Å²) in [6.45, 7) is 1.88. The number of nitrogen functional groups attached to an aromatic ring is 1. The summed E-state index contributed by atoms with van der Waals surface area (Å²) in [4.78, 5) is 13.8. The number of aryl methyl sites for hydroxylation is 1. The van der Waals surface area contributed by atoms with Crippen molar-refractivity contribution in [3.05, 3.63) is 63.2 Å². The third kappa shape index (κ3) is 3.85. The van der Waals surface area contributed by atoms with Gasteiger partial charge >= 0.3 is 6.18 Å². The third-order valence-electron chi connectivity index (χ3n) is 3.09. The molecule has 0 fully saturated rings. The average Bonchev–Trinajstić information content (AvgIpc) is 2.46. The number of nitrogens with zero attached hydrogens (tertiary/aromatic N) is 2. The monoisotopic (exact) mass is 323 g/mol. The Hall–Kier alpha value is -2.90. The smallest absolute Gasteiger partial charge is 0.391 e. The van der Waals surface area contributed by atoms with Crippen molar-refractivity contribution in [1.82, 2.24) is 0 Å². The van der Waals surface area contributed by atoms with Crippen LogP contribution in [0.5, 0.6) is 0 Å². The first-order chi connectivity index (χ1) is 10.7. The second-order valence-corrected chi connectivity index (χ2v) is 4.85. The van der Waals surface area contributed by atoms with E-state index in [0.29, 0.717) is 17.7 Å². The largest absolute Gasteiger partial charge is 0.416 e. The van der Waals surface area contributed by atoms with E-state index in [1.54, 1.807) is 24.3 Å². The Morgan fingerprint density at radius 3 is 2.35 bits per heavy atom. The van der Waals surface area contributed by atoms with Crippen molar-refractivity contribution in [3.63, 3.8) is 0 Å². The number of nitro benzene ring substituents is 1. The number of hydrogen-bond acceptors (Lipinski definition) is 4. The first-order valence-electron chi connectivity index (χ1n) is 6.44. The summed E-state index contributed by atoms with van der Waals surface area (Å²) >= 11 is 0.